The van der Waals surface area contributed by atoms with Gasteiger partial charge in [0.1, 0.15) is 17.3 Å². The Balaban J connectivity index is 1.73. The van der Waals surface area contributed by atoms with Gasteiger partial charge in [0, 0.05) is 39.4 Å². The summed E-state index contributed by atoms with van der Waals surface area (Å²) in [5.41, 5.74) is 3.12. The summed E-state index contributed by atoms with van der Waals surface area (Å²) in [5.74, 6) is 1.25. The van der Waals surface area contributed by atoms with Gasteiger partial charge in [-0.1, -0.05) is 24.3 Å². The molecule has 0 aliphatic carbocycles. The fourth-order valence-corrected chi connectivity index (χ4v) is 3.03. The molecule has 132 valence electrons. The molecule has 0 spiro atoms. The van der Waals surface area contributed by atoms with Crippen LogP contribution in [0.4, 0.5) is 5.82 Å². The van der Waals surface area contributed by atoms with Gasteiger partial charge in [-0.25, -0.2) is 9.97 Å². The predicted molar refractivity (Wildman–Crippen MR) is 96.8 cm³/mol. The third-order valence-corrected chi connectivity index (χ3v) is 4.32. The highest BCUT2D eigenvalue weighted by atomic mass is 16.5. The molecule has 2 heterocycles. The molecule has 0 unspecified atom stereocenters. The molecule has 1 aliphatic rings. The molecule has 6 heteroatoms. The van der Waals surface area contributed by atoms with Gasteiger partial charge >= 0.3 is 0 Å². The molecule has 0 fully saturated rings. The van der Waals surface area contributed by atoms with Crippen molar-refractivity contribution in [2.75, 3.05) is 31.7 Å². The summed E-state index contributed by atoms with van der Waals surface area (Å²) in [4.78, 5) is 23.4. The van der Waals surface area contributed by atoms with E-state index in [1.165, 1.54) is 11.1 Å². The van der Waals surface area contributed by atoms with Gasteiger partial charge in [-0.2, -0.15) is 0 Å². The standard InChI is InChI=1S/C19H24N4O2/c1-14-21-17(19(24)20-9-5-11-25-2)12-18(22-14)23-10-8-15-6-3-4-7-16(15)13-23/h3-4,6-7,12H,5,8-11,13H2,1-2H3,(H,20,24). The van der Waals surface area contributed by atoms with E-state index in [9.17, 15) is 4.79 Å². The molecule has 6 nitrogen and oxygen atoms in total. The van der Waals surface area contributed by atoms with Crippen LogP contribution in [0.3, 0.4) is 0 Å². The summed E-state index contributed by atoms with van der Waals surface area (Å²) in [6.45, 7) is 4.72. The molecule has 0 saturated carbocycles. The minimum Gasteiger partial charge on any atom is -0.385 e. The number of carbonyl (C=O) groups is 1. The quantitative estimate of drug-likeness (QED) is 0.816. The monoisotopic (exact) mass is 340 g/mol. The number of nitrogens with one attached hydrogen (secondary N) is 1. The maximum atomic E-state index is 12.3. The zero-order chi connectivity index (χ0) is 17.6. The van der Waals surface area contributed by atoms with Crippen molar-refractivity contribution in [2.24, 2.45) is 0 Å². The number of amides is 1. The summed E-state index contributed by atoms with van der Waals surface area (Å²) >= 11 is 0. The zero-order valence-corrected chi connectivity index (χ0v) is 14.8. The van der Waals surface area contributed by atoms with Crippen LogP contribution in [0.25, 0.3) is 0 Å². The van der Waals surface area contributed by atoms with E-state index in [-0.39, 0.29) is 5.91 Å². The molecule has 2 aromatic rings. The molecule has 1 aliphatic heterocycles. The second-order valence-corrected chi connectivity index (χ2v) is 6.20. The van der Waals surface area contributed by atoms with E-state index in [4.69, 9.17) is 4.74 Å². The summed E-state index contributed by atoms with van der Waals surface area (Å²) < 4.78 is 4.99. The average molecular weight is 340 g/mol. The first-order valence-electron chi connectivity index (χ1n) is 8.62. The molecule has 1 aromatic heterocycles. The Kier molecular flexibility index (Phi) is 5.60. The molecule has 0 radical (unpaired) electrons. The smallest absolute Gasteiger partial charge is 0.270 e. The van der Waals surface area contributed by atoms with E-state index in [1.54, 1.807) is 13.2 Å². The average Bonchev–Trinajstić information content (AvgIpc) is 2.64. The molecule has 1 aromatic carbocycles. The first-order chi connectivity index (χ1) is 12.2. The molecular weight excluding hydrogens is 316 g/mol. The predicted octanol–water partition coefficient (Wildman–Crippen LogP) is 2.11. The maximum absolute atomic E-state index is 12.3. The Bertz CT molecular complexity index is 748. The zero-order valence-electron chi connectivity index (χ0n) is 14.8. The van der Waals surface area contributed by atoms with Crippen molar-refractivity contribution in [3.63, 3.8) is 0 Å². The van der Waals surface area contributed by atoms with Gasteiger partial charge in [-0.15, -0.1) is 0 Å². The Hall–Kier alpha value is -2.47. The van der Waals surface area contributed by atoms with Crippen LogP contribution in [-0.2, 0) is 17.7 Å². The van der Waals surface area contributed by atoms with Gasteiger partial charge in [-0.3, -0.25) is 4.79 Å². The number of hydrogen-bond donors (Lipinski definition) is 1. The number of anilines is 1. The number of benzene rings is 1. The molecule has 25 heavy (non-hydrogen) atoms. The molecular formula is C19H24N4O2. The molecule has 0 bridgehead atoms. The number of hydrogen-bond acceptors (Lipinski definition) is 5. The van der Waals surface area contributed by atoms with Gasteiger partial charge < -0.3 is 15.0 Å². The van der Waals surface area contributed by atoms with Crippen molar-refractivity contribution >= 4 is 11.7 Å². The van der Waals surface area contributed by atoms with Crippen LogP contribution in [0.15, 0.2) is 30.3 Å². The Morgan fingerprint density at radius 1 is 1.28 bits per heavy atom. The fourth-order valence-electron chi connectivity index (χ4n) is 3.03. The number of fused-ring (bicyclic) bond motifs is 1. The van der Waals surface area contributed by atoms with Crippen molar-refractivity contribution in [3.8, 4) is 0 Å². The first-order valence-corrected chi connectivity index (χ1v) is 8.62. The minimum atomic E-state index is -0.166. The van der Waals surface area contributed by atoms with Crippen LogP contribution >= 0.6 is 0 Å². The van der Waals surface area contributed by atoms with Crippen LogP contribution in [0.2, 0.25) is 0 Å². The van der Waals surface area contributed by atoms with Gasteiger partial charge in [-0.05, 0) is 30.9 Å². The van der Waals surface area contributed by atoms with E-state index in [1.807, 2.05) is 6.92 Å². The first kappa shape index (κ1) is 17.4. The van der Waals surface area contributed by atoms with Gasteiger partial charge in [0.25, 0.3) is 5.91 Å². The summed E-state index contributed by atoms with van der Waals surface area (Å²) in [6, 6.07) is 10.3. The number of nitrogens with zero attached hydrogens (tertiary/aromatic N) is 3. The Morgan fingerprint density at radius 3 is 2.88 bits per heavy atom. The highest BCUT2D eigenvalue weighted by Gasteiger charge is 2.19. The number of rotatable bonds is 6. The Labute approximate surface area is 148 Å². The molecule has 0 atom stereocenters. The van der Waals surface area contributed by atoms with E-state index < -0.39 is 0 Å². The normalized spacial score (nSPS) is 13.4. The lowest BCUT2D eigenvalue weighted by molar-refractivity contribution is 0.0943. The lowest BCUT2D eigenvalue weighted by Gasteiger charge is -2.30. The van der Waals surface area contributed by atoms with Crippen LogP contribution in [-0.4, -0.2) is 42.7 Å². The topological polar surface area (TPSA) is 67.3 Å². The summed E-state index contributed by atoms with van der Waals surface area (Å²) in [7, 11) is 1.65. The molecule has 1 amide bonds. The highest BCUT2D eigenvalue weighted by molar-refractivity contribution is 5.92. The Morgan fingerprint density at radius 2 is 2.08 bits per heavy atom. The van der Waals surface area contributed by atoms with E-state index in [0.29, 0.717) is 24.7 Å². The number of aromatic nitrogens is 2. The van der Waals surface area contributed by atoms with Crippen LogP contribution in [0.1, 0.15) is 33.9 Å². The fraction of sp³-hybridized carbons (Fsp3) is 0.421. The van der Waals surface area contributed by atoms with Crippen molar-refractivity contribution in [1.82, 2.24) is 15.3 Å². The number of aryl methyl sites for hydroxylation is 1. The van der Waals surface area contributed by atoms with Crippen molar-refractivity contribution in [3.05, 3.63) is 53.0 Å². The number of ether oxygens (including phenoxy) is 1. The second-order valence-electron chi connectivity index (χ2n) is 6.20. The van der Waals surface area contributed by atoms with Gasteiger partial charge in [0.2, 0.25) is 0 Å². The third kappa shape index (κ3) is 4.33. The molecule has 1 N–H and O–H groups in total. The lowest BCUT2D eigenvalue weighted by Crippen LogP contribution is -2.32. The second kappa shape index (κ2) is 8.07. The van der Waals surface area contributed by atoms with Crippen LogP contribution < -0.4 is 10.2 Å². The molecule has 0 saturated heterocycles. The number of carbonyl (C=O) groups excluding carboxylic acids is 1. The van der Waals surface area contributed by atoms with E-state index in [0.717, 1.165) is 31.7 Å². The van der Waals surface area contributed by atoms with Gasteiger partial charge in [0.05, 0.1) is 0 Å². The number of methoxy groups -OCH3 is 1. The maximum Gasteiger partial charge on any atom is 0.270 e. The molecule has 3 rings (SSSR count). The summed E-state index contributed by atoms with van der Waals surface area (Å²) in [5, 5.41) is 2.88. The van der Waals surface area contributed by atoms with Crippen LogP contribution in [0, 0.1) is 6.92 Å². The highest BCUT2D eigenvalue weighted by Crippen LogP contribution is 2.23. The SMILES string of the molecule is COCCCNC(=O)c1cc(N2CCc3ccccc3C2)nc(C)n1. The van der Waals surface area contributed by atoms with Crippen molar-refractivity contribution in [1.29, 1.82) is 0 Å². The van der Waals surface area contributed by atoms with E-state index in [2.05, 4.69) is 44.5 Å². The summed E-state index contributed by atoms with van der Waals surface area (Å²) in [6.07, 6.45) is 1.76. The van der Waals surface area contributed by atoms with Crippen molar-refractivity contribution in [2.45, 2.75) is 26.3 Å². The van der Waals surface area contributed by atoms with Gasteiger partial charge in [0.15, 0.2) is 0 Å². The largest absolute Gasteiger partial charge is 0.385 e. The van der Waals surface area contributed by atoms with E-state index >= 15 is 0 Å². The van der Waals surface area contributed by atoms with Crippen LogP contribution in [0.5, 0.6) is 0 Å². The third-order valence-electron chi connectivity index (χ3n) is 4.32. The lowest BCUT2D eigenvalue weighted by atomic mass is 10.00. The minimum absolute atomic E-state index is 0.166. The van der Waals surface area contributed by atoms with Crippen molar-refractivity contribution < 1.29 is 9.53 Å².